The molecule has 5 rings (SSSR count). The molecule has 0 radical (unpaired) electrons. The van der Waals surface area contributed by atoms with E-state index >= 15 is 0 Å². The summed E-state index contributed by atoms with van der Waals surface area (Å²) in [5, 5.41) is 15.8. The molecule has 7 nitrogen and oxygen atoms in total. The second-order valence-electron chi connectivity index (χ2n) is 7.28. The third-order valence-corrected chi connectivity index (χ3v) is 6.26. The number of fused-ring (bicyclic) bond motifs is 1. The van der Waals surface area contributed by atoms with Gasteiger partial charge in [0.1, 0.15) is 28.9 Å². The second kappa shape index (κ2) is 8.73. The van der Waals surface area contributed by atoms with E-state index in [-0.39, 0.29) is 18.0 Å². The van der Waals surface area contributed by atoms with Gasteiger partial charge in [0, 0.05) is 10.6 Å². The van der Waals surface area contributed by atoms with Crippen LogP contribution < -0.4 is 4.74 Å². The maximum Gasteiger partial charge on any atom is 0.283 e. The number of aliphatic imine (C=N–C) groups is 1. The average Bonchev–Trinajstić information content (AvgIpc) is 3.45. The van der Waals surface area contributed by atoms with Crippen LogP contribution in [-0.4, -0.2) is 33.6 Å². The zero-order valence-electron chi connectivity index (χ0n) is 17.4. The molecule has 2 aliphatic rings. The highest BCUT2D eigenvalue weighted by atomic mass is 35.5. The number of carbonyl (C=O) groups excluding carboxylic acids is 1. The number of furan rings is 1. The molecule has 33 heavy (non-hydrogen) atoms. The van der Waals surface area contributed by atoms with Crippen LogP contribution in [-0.2, 0) is 4.79 Å². The fourth-order valence-electron chi connectivity index (χ4n) is 3.23. The van der Waals surface area contributed by atoms with Crippen molar-refractivity contribution in [3.8, 4) is 17.1 Å². The number of benzene rings is 2. The highest BCUT2D eigenvalue weighted by Gasteiger charge is 2.36. The molecule has 0 saturated carbocycles. The number of aryl methyl sites for hydroxylation is 1. The molecule has 0 fully saturated rings. The van der Waals surface area contributed by atoms with Crippen molar-refractivity contribution in [2.75, 3.05) is 6.61 Å². The molecular formula is C24H17ClN4O3S. The lowest BCUT2D eigenvalue weighted by atomic mass is 10.1. The molecule has 0 aliphatic carbocycles. The smallest absolute Gasteiger partial charge is 0.283 e. The van der Waals surface area contributed by atoms with Crippen LogP contribution in [0.5, 0.6) is 5.75 Å². The summed E-state index contributed by atoms with van der Waals surface area (Å²) in [4.78, 5) is 16.7. The van der Waals surface area contributed by atoms with E-state index in [0.29, 0.717) is 32.5 Å². The van der Waals surface area contributed by atoms with Crippen LogP contribution in [0.25, 0.3) is 17.4 Å². The summed E-state index contributed by atoms with van der Waals surface area (Å²) in [6, 6.07) is 18.5. The van der Waals surface area contributed by atoms with E-state index < -0.39 is 5.91 Å². The molecule has 1 aromatic heterocycles. The van der Waals surface area contributed by atoms with Gasteiger partial charge in [0.05, 0.1) is 5.57 Å². The van der Waals surface area contributed by atoms with Gasteiger partial charge in [-0.05, 0) is 60.7 Å². The number of hydrazone groups is 1. The first-order valence-corrected chi connectivity index (χ1v) is 11.2. The minimum Gasteiger partial charge on any atom is -0.487 e. The van der Waals surface area contributed by atoms with E-state index in [2.05, 4.69) is 10.1 Å². The molecule has 0 spiro atoms. The van der Waals surface area contributed by atoms with E-state index in [1.54, 1.807) is 12.1 Å². The molecule has 0 saturated heterocycles. The normalized spacial score (nSPS) is 16.7. The quantitative estimate of drug-likeness (QED) is 0.483. The molecule has 0 atom stereocenters. The van der Waals surface area contributed by atoms with Gasteiger partial charge >= 0.3 is 0 Å². The molecule has 1 amide bonds. The molecule has 0 bridgehead atoms. The largest absolute Gasteiger partial charge is 0.487 e. The van der Waals surface area contributed by atoms with E-state index in [9.17, 15) is 4.79 Å². The standard InChI is InChI=1S/C24H17ClN4O3S/c1-14-7-8-15(11-19(14)25)20-10-9-17(32-20)12-18-22(26)29-24(27-23(18)30)33-21(28-29)13-31-16-5-3-2-4-6-16/h2-12,26H,13H2,1H3/b18-12+,26-22?. The van der Waals surface area contributed by atoms with Gasteiger partial charge < -0.3 is 9.15 Å². The first kappa shape index (κ1) is 21.2. The fraction of sp³-hybridized carbons (Fsp3) is 0.0833. The summed E-state index contributed by atoms with van der Waals surface area (Å²) in [5.41, 5.74) is 1.89. The minimum atomic E-state index is -0.518. The Kier molecular flexibility index (Phi) is 5.62. The van der Waals surface area contributed by atoms with E-state index in [0.717, 1.165) is 11.1 Å². The third kappa shape index (κ3) is 4.35. The van der Waals surface area contributed by atoms with Crippen LogP contribution in [0.3, 0.4) is 0 Å². The Balaban J connectivity index is 1.35. The lowest BCUT2D eigenvalue weighted by Gasteiger charge is -2.19. The average molecular weight is 477 g/mol. The molecule has 9 heteroatoms. The molecular weight excluding hydrogens is 460 g/mol. The number of hydrogen-bond acceptors (Lipinski definition) is 6. The molecule has 2 aromatic carbocycles. The second-order valence-corrected chi connectivity index (χ2v) is 8.73. The van der Waals surface area contributed by atoms with E-state index in [4.69, 9.17) is 26.2 Å². The van der Waals surface area contributed by atoms with Crippen molar-refractivity contribution in [2.24, 2.45) is 10.1 Å². The number of nitrogens with zero attached hydrogens (tertiary/aromatic N) is 3. The third-order valence-electron chi connectivity index (χ3n) is 4.97. The number of halogens is 1. The van der Waals surface area contributed by atoms with Crippen LogP contribution in [0.4, 0.5) is 0 Å². The van der Waals surface area contributed by atoms with Gasteiger partial charge in [-0.15, -0.1) is 0 Å². The molecule has 164 valence electrons. The monoisotopic (exact) mass is 476 g/mol. The highest BCUT2D eigenvalue weighted by molar-refractivity contribution is 8.27. The zero-order valence-corrected chi connectivity index (χ0v) is 19.0. The summed E-state index contributed by atoms with van der Waals surface area (Å²) in [6.07, 6.45) is 1.50. The van der Waals surface area contributed by atoms with E-state index in [1.165, 1.54) is 22.8 Å². The van der Waals surface area contributed by atoms with Gasteiger partial charge in [0.25, 0.3) is 5.91 Å². The number of amidine groups is 2. The number of para-hydroxylation sites is 1. The van der Waals surface area contributed by atoms with Crippen LogP contribution in [0, 0.1) is 12.3 Å². The molecule has 0 unspecified atom stereocenters. The van der Waals surface area contributed by atoms with Crippen LogP contribution in [0.2, 0.25) is 5.02 Å². The number of hydrogen-bond donors (Lipinski definition) is 1. The maximum absolute atomic E-state index is 12.6. The van der Waals surface area contributed by atoms with Gasteiger partial charge in [-0.3, -0.25) is 10.2 Å². The molecule has 3 heterocycles. The zero-order chi connectivity index (χ0) is 22.9. The van der Waals surface area contributed by atoms with Crippen LogP contribution in [0.1, 0.15) is 11.3 Å². The Morgan fingerprint density at radius 3 is 2.79 bits per heavy atom. The fourth-order valence-corrected chi connectivity index (χ4v) is 4.20. The summed E-state index contributed by atoms with van der Waals surface area (Å²) in [6.45, 7) is 2.14. The summed E-state index contributed by atoms with van der Waals surface area (Å²) < 4.78 is 11.6. The lowest BCUT2D eigenvalue weighted by molar-refractivity contribution is -0.114. The van der Waals surface area contributed by atoms with Gasteiger partial charge in [-0.25, -0.2) is 0 Å². The van der Waals surface area contributed by atoms with Crippen molar-refractivity contribution >= 4 is 51.4 Å². The van der Waals surface area contributed by atoms with Gasteiger partial charge in [-0.2, -0.15) is 15.1 Å². The minimum absolute atomic E-state index is 0.0662. The van der Waals surface area contributed by atoms with Crippen LogP contribution in [0.15, 0.2) is 80.7 Å². The van der Waals surface area contributed by atoms with Crippen molar-refractivity contribution in [2.45, 2.75) is 6.92 Å². The predicted octanol–water partition coefficient (Wildman–Crippen LogP) is 5.61. The molecule has 1 N–H and O–H groups in total. The molecule has 2 aliphatic heterocycles. The van der Waals surface area contributed by atoms with Gasteiger partial charge in [0.15, 0.2) is 5.84 Å². The Hall–Kier alpha value is -3.62. The highest BCUT2D eigenvalue weighted by Crippen LogP contribution is 2.31. The number of thioether (sulfide) groups is 1. The van der Waals surface area contributed by atoms with Gasteiger partial charge in [0.2, 0.25) is 5.17 Å². The number of nitrogens with one attached hydrogen (secondary N) is 1. The topological polar surface area (TPSA) is 91.3 Å². The Bertz CT molecular complexity index is 1360. The molecule has 3 aromatic rings. The number of amides is 1. The lowest BCUT2D eigenvalue weighted by Crippen LogP contribution is -2.35. The Morgan fingerprint density at radius 1 is 1.18 bits per heavy atom. The van der Waals surface area contributed by atoms with Crippen LogP contribution >= 0.6 is 23.4 Å². The van der Waals surface area contributed by atoms with Crippen molar-refractivity contribution in [1.82, 2.24) is 5.01 Å². The maximum atomic E-state index is 12.6. The summed E-state index contributed by atoms with van der Waals surface area (Å²) >= 11 is 7.42. The van der Waals surface area contributed by atoms with Crippen molar-refractivity contribution in [1.29, 1.82) is 5.41 Å². The number of rotatable bonds is 5. The first-order chi connectivity index (χ1) is 16.0. The number of carbonyl (C=O) groups is 1. The predicted molar refractivity (Wildman–Crippen MR) is 131 cm³/mol. The number of ether oxygens (including phenoxy) is 1. The van der Waals surface area contributed by atoms with Crippen molar-refractivity contribution in [3.63, 3.8) is 0 Å². The SMILES string of the molecule is Cc1ccc(-c2ccc(/C=C3\C(=N)N4N=C(COc5ccccc5)SC4=NC3=O)o2)cc1Cl. The first-order valence-electron chi connectivity index (χ1n) is 10.0. The van der Waals surface area contributed by atoms with Gasteiger partial charge in [-0.1, -0.05) is 41.9 Å². The summed E-state index contributed by atoms with van der Waals surface area (Å²) in [5.74, 6) is 1.16. The summed E-state index contributed by atoms with van der Waals surface area (Å²) in [7, 11) is 0. The Labute approximate surface area is 198 Å². The van der Waals surface area contributed by atoms with Crippen molar-refractivity contribution < 1.29 is 13.9 Å². The van der Waals surface area contributed by atoms with Crippen molar-refractivity contribution in [3.05, 3.63) is 82.6 Å². The Morgan fingerprint density at radius 2 is 2.00 bits per heavy atom. The van der Waals surface area contributed by atoms with E-state index in [1.807, 2.05) is 55.5 Å².